The number of fused-ring (bicyclic) bond motifs is 1. The molecule has 1 aliphatic heterocycles. The Morgan fingerprint density at radius 2 is 1.96 bits per heavy atom. The Bertz CT molecular complexity index is 1070. The maximum absolute atomic E-state index is 13.7. The van der Waals surface area contributed by atoms with E-state index >= 15 is 0 Å². The number of ether oxygens (including phenoxy) is 3. The number of nitrogens with zero attached hydrogens (tertiary/aromatic N) is 4. The van der Waals surface area contributed by atoms with E-state index in [2.05, 4.69) is 15.1 Å². The Balaban J connectivity index is 1.98. The molecule has 0 spiro atoms. The number of hydrogen-bond acceptors (Lipinski definition) is 7. The fraction of sp³-hybridized carbons (Fsp3) is 0.188. The summed E-state index contributed by atoms with van der Waals surface area (Å²) in [5.41, 5.74) is 4.52. The van der Waals surface area contributed by atoms with E-state index < -0.39 is 11.9 Å². The van der Waals surface area contributed by atoms with Crippen LogP contribution in [0.2, 0.25) is 5.02 Å². The van der Waals surface area contributed by atoms with Gasteiger partial charge in [-0.25, -0.2) is 9.97 Å². The lowest BCUT2D eigenvalue weighted by molar-refractivity contribution is -0.140. The van der Waals surface area contributed by atoms with Crippen molar-refractivity contribution in [2.24, 2.45) is 0 Å². The molecule has 1 aromatic carbocycles. The van der Waals surface area contributed by atoms with Crippen molar-refractivity contribution in [1.82, 2.24) is 19.7 Å². The Labute approximate surface area is 160 Å². The molecule has 3 heterocycles. The molecule has 2 aromatic heterocycles. The van der Waals surface area contributed by atoms with Crippen molar-refractivity contribution in [3.8, 4) is 34.3 Å². The zero-order chi connectivity index (χ0) is 20.1. The molecule has 12 heteroatoms. The van der Waals surface area contributed by atoms with Crippen LogP contribution in [-0.4, -0.2) is 33.7 Å². The van der Waals surface area contributed by atoms with Crippen molar-refractivity contribution in [1.29, 1.82) is 0 Å². The van der Waals surface area contributed by atoms with Gasteiger partial charge in [-0.05, 0) is 17.7 Å². The van der Waals surface area contributed by atoms with Gasteiger partial charge >= 0.3 is 6.18 Å². The van der Waals surface area contributed by atoms with Crippen molar-refractivity contribution in [3.05, 3.63) is 35.2 Å². The third-order valence-electron chi connectivity index (χ3n) is 3.95. The van der Waals surface area contributed by atoms with E-state index in [4.69, 9.17) is 31.5 Å². The second-order valence-electron chi connectivity index (χ2n) is 5.60. The minimum Gasteiger partial charge on any atom is -0.478 e. The Morgan fingerprint density at radius 3 is 2.68 bits per heavy atom. The van der Waals surface area contributed by atoms with Gasteiger partial charge < -0.3 is 19.9 Å². The van der Waals surface area contributed by atoms with Gasteiger partial charge in [-0.15, -0.1) is 0 Å². The third kappa shape index (κ3) is 2.83. The predicted octanol–water partition coefficient (Wildman–Crippen LogP) is 3.32. The summed E-state index contributed by atoms with van der Waals surface area (Å²) >= 11 is 6.12. The molecule has 8 nitrogen and oxygen atoms in total. The number of anilines is 1. The molecule has 0 aliphatic carbocycles. The Hall–Kier alpha value is -3.21. The zero-order valence-corrected chi connectivity index (χ0v) is 14.9. The maximum atomic E-state index is 13.7. The number of hydrogen-bond donors (Lipinski definition) is 1. The van der Waals surface area contributed by atoms with Crippen LogP contribution in [0.15, 0.2) is 24.5 Å². The number of halogens is 4. The number of nitrogen functional groups attached to an aromatic ring is 1. The van der Waals surface area contributed by atoms with E-state index in [-0.39, 0.29) is 52.0 Å². The Kier molecular flexibility index (Phi) is 4.18. The number of nitrogens with two attached hydrogens (primary N) is 1. The first-order chi connectivity index (χ1) is 13.3. The molecular weight excluding hydrogens is 403 g/mol. The summed E-state index contributed by atoms with van der Waals surface area (Å²) in [6, 6.07) is 2.66. The van der Waals surface area contributed by atoms with Gasteiger partial charge in [0.05, 0.1) is 17.7 Å². The van der Waals surface area contributed by atoms with Crippen molar-refractivity contribution >= 4 is 17.4 Å². The molecule has 28 heavy (non-hydrogen) atoms. The van der Waals surface area contributed by atoms with Gasteiger partial charge in [0.25, 0.3) is 5.88 Å². The van der Waals surface area contributed by atoms with E-state index in [0.717, 1.165) is 4.68 Å². The molecule has 0 fully saturated rings. The molecule has 2 N–H and O–H groups in total. The third-order valence-corrected chi connectivity index (χ3v) is 4.23. The minimum absolute atomic E-state index is 0.0410. The van der Waals surface area contributed by atoms with Crippen LogP contribution in [0.1, 0.15) is 5.69 Å². The predicted molar refractivity (Wildman–Crippen MR) is 91.7 cm³/mol. The lowest BCUT2D eigenvalue weighted by atomic mass is 10.0. The van der Waals surface area contributed by atoms with Gasteiger partial charge in [0.2, 0.25) is 12.6 Å². The van der Waals surface area contributed by atoms with Crippen LogP contribution in [0.3, 0.4) is 0 Å². The first kappa shape index (κ1) is 18.2. The van der Waals surface area contributed by atoms with Gasteiger partial charge in [0, 0.05) is 12.4 Å². The molecule has 0 radical (unpaired) electrons. The monoisotopic (exact) mass is 413 g/mol. The van der Waals surface area contributed by atoms with Crippen LogP contribution >= 0.6 is 11.6 Å². The highest BCUT2D eigenvalue weighted by molar-refractivity contribution is 6.32. The van der Waals surface area contributed by atoms with Crippen LogP contribution in [0, 0.1) is 0 Å². The van der Waals surface area contributed by atoms with Crippen LogP contribution in [0.25, 0.3) is 16.9 Å². The van der Waals surface area contributed by atoms with Gasteiger partial charge in [-0.2, -0.15) is 23.0 Å². The van der Waals surface area contributed by atoms with Crippen LogP contribution < -0.4 is 19.9 Å². The molecule has 0 unspecified atom stereocenters. The average Bonchev–Trinajstić information content (AvgIpc) is 3.26. The van der Waals surface area contributed by atoms with Crippen molar-refractivity contribution in [2.45, 2.75) is 6.18 Å². The summed E-state index contributed by atoms with van der Waals surface area (Å²) in [6.07, 6.45) is -2.19. The lowest BCUT2D eigenvalue weighted by Crippen LogP contribution is -2.10. The first-order valence-electron chi connectivity index (χ1n) is 7.72. The topological polar surface area (TPSA) is 97.3 Å². The second-order valence-corrected chi connectivity index (χ2v) is 6.01. The van der Waals surface area contributed by atoms with Gasteiger partial charge in [-0.1, -0.05) is 11.6 Å². The standard InChI is InChI=1S/C16H11ClF3N5O3/c1-26-15-14(22-2-3-23-15)25-13(21)10(12(24-25)16(18,19)20)7-4-8(17)11-9(5-7)27-6-28-11/h2-5H,6,21H2,1H3. The van der Waals surface area contributed by atoms with E-state index in [9.17, 15) is 13.2 Å². The van der Waals surface area contributed by atoms with Crippen molar-refractivity contribution < 1.29 is 27.4 Å². The zero-order valence-electron chi connectivity index (χ0n) is 14.1. The van der Waals surface area contributed by atoms with Crippen LogP contribution in [0.5, 0.6) is 17.4 Å². The highest BCUT2D eigenvalue weighted by atomic mass is 35.5. The number of alkyl halides is 3. The van der Waals surface area contributed by atoms with Crippen LogP contribution in [0.4, 0.5) is 19.0 Å². The number of aromatic nitrogens is 4. The largest absolute Gasteiger partial charge is 0.478 e. The van der Waals surface area contributed by atoms with E-state index in [1.165, 1.54) is 31.6 Å². The summed E-state index contributed by atoms with van der Waals surface area (Å²) in [6.45, 7) is -0.0871. The van der Waals surface area contributed by atoms with Crippen molar-refractivity contribution in [2.75, 3.05) is 19.6 Å². The normalized spacial score (nSPS) is 13.0. The molecule has 0 amide bonds. The molecular formula is C16H11ClF3N5O3. The fourth-order valence-electron chi connectivity index (χ4n) is 2.79. The summed E-state index contributed by atoms with van der Waals surface area (Å²) < 4.78 is 57.4. The second kappa shape index (κ2) is 6.44. The quantitative estimate of drug-likeness (QED) is 0.703. The molecule has 1 aliphatic rings. The minimum atomic E-state index is -4.80. The Morgan fingerprint density at radius 1 is 1.21 bits per heavy atom. The highest BCUT2D eigenvalue weighted by Crippen LogP contribution is 2.47. The molecule has 146 valence electrons. The average molecular weight is 414 g/mol. The molecule has 3 aromatic rings. The summed E-state index contributed by atoms with van der Waals surface area (Å²) in [5.74, 6) is 0.00762. The molecule has 0 saturated heterocycles. The maximum Gasteiger partial charge on any atom is 0.435 e. The summed E-state index contributed by atoms with van der Waals surface area (Å²) in [4.78, 5) is 7.89. The SMILES string of the molecule is COc1nccnc1-n1nc(C(F)(F)F)c(-c2cc(Cl)c3c(c2)OCO3)c1N. The van der Waals surface area contributed by atoms with E-state index in [1.54, 1.807) is 0 Å². The lowest BCUT2D eigenvalue weighted by Gasteiger charge is -2.09. The highest BCUT2D eigenvalue weighted by Gasteiger charge is 2.40. The van der Waals surface area contributed by atoms with Gasteiger partial charge in [0.1, 0.15) is 5.82 Å². The van der Waals surface area contributed by atoms with Crippen LogP contribution in [-0.2, 0) is 6.18 Å². The van der Waals surface area contributed by atoms with Crippen molar-refractivity contribution in [3.63, 3.8) is 0 Å². The van der Waals surface area contributed by atoms with Gasteiger partial charge in [-0.3, -0.25) is 0 Å². The van der Waals surface area contributed by atoms with E-state index in [1.807, 2.05) is 0 Å². The number of rotatable bonds is 3. The fourth-order valence-corrected chi connectivity index (χ4v) is 3.06. The first-order valence-corrected chi connectivity index (χ1v) is 8.09. The molecule has 0 saturated carbocycles. The number of methoxy groups -OCH3 is 1. The van der Waals surface area contributed by atoms with E-state index in [0.29, 0.717) is 0 Å². The smallest absolute Gasteiger partial charge is 0.435 e. The van der Waals surface area contributed by atoms with Gasteiger partial charge in [0.15, 0.2) is 17.2 Å². The summed E-state index contributed by atoms with van der Waals surface area (Å²) in [5, 5.41) is 3.71. The number of benzene rings is 1. The molecule has 0 bridgehead atoms. The summed E-state index contributed by atoms with van der Waals surface area (Å²) in [7, 11) is 1.30. The molecule has 4 rings (SSSR count). The molecule has 0 atom stereocenters.